The number of hydrogen-bond acceptors (Lipinski definition) is 5. The van der Waals surface area contributed by atoms with Crippen molar-refractivity contribution in [1.29, 1.82) is 0 Å². The summed E-state index contributed by atoms with van der Waals surface area (Å²) in [5, 5.41) is 3.19. The molecule has 8 nitrogen and oxygen atoms in total. The van der Waals surface area contributed by atoms with Crippen LogP contribution in [0, 0.1) is 13.8 Å². The molecule has 8 heteroatoms. The summed E-state index contributed by atoms with van der Waals surface area (Å²) in [6.45, 7) is 4.05. The van der Waals surface area contributed by atoms with Crippen LogP contribution in [0.1, 0.15) is 27.0 Å². The Morgan fingerprint density at radius 1 is 0.912 bits per heavy atom. The second-order valence-corrected chi connectivity index (χ2v) is 8.02. The van der Waals surface area contributed by atoms with Crippen LogP contribution in [0.15, 0.2) is 64.2 Å². The normalized spacial score (nSPS) is 10.8. The van der Waals surface area contributed by atoms with Crippen LogP contribution in [-0.4, -0.2) is 29.7 Å². The fourth-order valence-electron chi connectivity index (χ4n) is 3.69. The van der Waals surface area contributed by atoms with Gasteiger partial charge in [0.1, 0.15) is 0 Å². The number of aromatic nitrogens is 2. The van der Waals surface area contributed by atoms with Gasteiger partial charge in [-0.1, -0.05) is 18.2 Å². The van der Waals surface area contributed by atoms with E-state index in [4.69, 9.17) is 9.47 Å². The van der Waals surface area contributed by atoms with Crippen molar-refractivity contribution in [2.75, 3.05) is 19.5 Å². The average molecular weight is 460 g/mol. The molecule has 174 valence electrons. The Hall–Kier alpha value is -4.33. The molecular formula is C26H25N3O5. The smallest absolute Gasteiger partial charge is 0.329 e. The molecule has 4 aromatic rings. The molecule has 0 aliphatic heterocycles. The van der Waals surface area contributed by atoms with Gasteiger partial charge < -0.3 is 19.8 Å². The minimum Gasteiger partial charge on any atom is -0.493 e. The van der Waals surface area contributed by atoms with Gasteiger partial charge in [-0.05, 0) is 60.9 Å². The van der Waals surface area contributed by atoms with Crippen molar-refractivity contribution < 1.29 is 14.3 Å². The van der Waals surface area contributed by atoms with Crippen LogP contribution in [0.2, 0.25) is 0 Å². The summed E-state index contributed by atoms with van der Waals surface area (Å²) >= 11 is 0. The lowest BCUT2D eigenvalue weighted by Crippen LogP contribution is -2.35. The molecule has 0 fully saturated rings. The van der Waals surface area contributed by atoms with E-state index in [1.165, 1.54) is 14.2 Å². The molecule has 0 radical (unpaired) electrons. The molecule has 0 saturated carbocycles. The highest BCUT2D eigenvalue weighted by Crippen LogP contribution is 2.29. The van der Waals surface area contributed by atoms with Gasteiger partial charge in [0.2, 0.25) is 0 Å². The van der Waals surface area contributed by atoms with Gasteiger partial charge in [-0.15, -0.1) is 0 Å². The zero-order valence-corrected chi connectivity index (χ0v) is 19.4. The van der Waals surface area contributed by atoms with E-state index in [1.54, 1.807) is 36.4 Å². The van der Waals surface area contributed by atoms with Gasteiger partial charge in [0.05, 0.1) is 31.7 Å². The number of hydrogen-bond donors (Lipinski definition) is 2. The van der Waals surface area contributed by atoms with Gasteiger partial charge in [0.15, 0.2) is 11.5 Å². The van der Waals surface area contributed by atoms with Crippen LogP contribution >= 0.6 is 0 Å². The molecule has 1 aromatic heterocycles. The number of aryl methyl sites for hydroxylation is 2. The van der Waals surface area contributed by atoms with Gasteiger partial charge in [0, 0.05) is 17.3 Å². The van der Waals surface area contributed by atoms with Gasteiger partial charge in [0.25, 0.3) is 11.5 Å². The lowest BCUT2D eigenvalue weighted by molar-refractivity contribution is 0.102. The molecule has 0 spiro atoms. The molecule has 2 N–H and O–H groups in total. The minimum atomic E-state index is -0.540. The molecule has 0 unspecified atom stereocenters. The quantitative estimate of drug-likeness (QED) is 0.459. The average Bonchev–Trinajstić information content (AvgIpc) is 2.83. The van der Waals surface area contributed by atoms with E-state index < -0.39 is 11.2 Å². The first-order chi connectivity index (χ1) is 16.3. The zero-order chi connectivity index (χ0) is 24.4. The lowest BCUT2D eigenvalue weighted by Gasteiger charge is -2.11. The summed E-state index contributed by atoms with van der Waals surface area (Å²) in [7, 11) is 2.96. The lowest BCUT2D eigenvalue weighted by atomic mass is 10.1. The first-order valence-electron chi connectivity index (χ1n) is 10.7. The number of fused-ring (bicyclic) bond motifs is 1. The Kier molecular flexibility index (Phi) is 6.23. The van der Waals surface area contributed by atoms with E-state index in [0.29, 0.717) is 33.5 Å². The second-order valence-electron chi connectivity index (χ2n) is 8.02. The maximum atomic E-state index is 13.0. The summed E-state index contributed by atoms with van der Waals surface area (Å²) in [5.41, 5.74) is 3.51. The molecule has 0 saturated heterocycles. The number of benzene rings is 3. The molecule has 1 amide bonds. The standard InChI is InChI=1S/C26H25N3O5/c1-15-5-10-19(11-16(15)2)27-24(30)18-8-6-17(7-9-18)14-29-25(31)20-12-22(33-3)23(34-4)13-21(20)28-26(29)32/h5-13H,14H2,1-4H3,(H,27,30)(H,28,32). The van der Waals surface area contributed by atoms with Crippen molar-refractivity contribution in [1.82, 2.24) is 9.55 Å². The Balaban J connectivity index is 1.58. The van der Waals surface area contributed by atoms with Crippen LogP contribution in [0.25, 0.3) is 10.9 Å². The van der Waals surface area contributed by atoms with E-state index in [-0.39, 0.29) is 12.5 Å². The Labute approximate surface area is 195 Å². The molecular weight excluding hydrogens is 434 g/mol. The Morgan fingerprint density at radius 3 is 2.24 bits per heavy atom. The summed E-state index contributed by atoms with van der Waals surface area (Å²) in [4.78, 5) is 41.0. The highest BCUT2D eigenvalue weighted by molar-refractivity contribution is 6.04. The molecule has 0 aliphatic rings. The highest BCUT2D eigenvalue weighted by atomic mass is 16.5. The van der Waals surface area contributed by atoms with Gasteiger partial charge in [-0.25, -0.2) is 4.79 Å². The third kappa shape index (κ3) is 4.43. The third-order valence-electron chi connectivity index (χ3n) is 5.81. The topological polar surface area (TPSA) is 102 Å². The molecule has 3 aromatic carbocycles. The first-order valence-corrected chi connectivity index (χ1v) is 10.7. The van der Waals surface area contributed by atoms with Gasteiger partial charge in [-0.2, -0.15) is 0 Å². The second kappa shape index (κ2) is 9.27. The number of methoxy groups -OCH3 is 2. The number of rotatable bonds is 6. The number of ether oxygens (including phenoxy) is 2. The van der Waals surface area contributed by atoms with E-state index in [1.807, 2.05) is 32.0 Å². The number of H-pyrrole nitrogens is 1. The molecule has 34 heavy (non-hydrogen) atoms. The monoisotopic (exact) mass is 459 g/mol. The maximum Gasteiger partial charge on any atom is 0.329 e. The maximum absolute atomic E-state index is 13.0. The highest BCUT2D eigenvalue weighted by Gasteiger charge is 2.14. The van der Waals surface area contributed by atoms with Crippen LogP contribution < -0.4 is 26.0 Å². The first kappa shape index (κ1) is 22.8. The summed E-state index contributed by atoms with van der Waals surface area (Å²) in [6, 6.07) is 15.6. The van der Waals surface area contributed by atoms with Crippen LogP contribution in [0.3, 0.4) is 0 Å². The summed E-state index contributed by atoms with van der Waals surface area (Å²) in [5.74, 6) is 0.568. The van der Waals surface area contributed by atoms with Crippen molar-refractivity contribution in [3.05, 3.63) is 97.7 Å². The summed E-state index contributed by atoms with van der Waals surface area (Å²) < 4.78 is 11.6. The molecule has 0 atom stereocenters. The van der Waals surface area contributed by atoms with Crippen molar-refractivity contribution >= 4 is 22.5 Å². The number of amides is 1. The van der Waals surface area contributed by atoms with Crippen molar-refractivity contribution in [3.63, 3.8) is 0 Å². The molecule has 0 aliphatic carbocycles. The SMILES string of the molecule is COc1cc2[nH]c(=O)n(Cc3ccc(C(=O)Nc4ccc(C)c(C)c4)cc3)c(=O)c2cc1OC. The van der Waals surface area contributed by atoms with Crippen molar-refractivity contribution in [3.8, 4) is 11.5 Å². The number of nitrogens with zero attached hydrogens (tertiary/aromatic N) is 1. The predicted octanol–water partition coefficient (Wildman–Crippen LogP) is 3.62. The minimum absolute atomic E-state index is 0.0531. The number of nitrogens with one attached hydrogen (secondary N) is 2. The predicted molar refractivity (Wildman–Crippen MR) is 131 cm³/mol. The molecule has 4 rings (SSSR count). The summed E-state index contributed by atoms with van der Waals surface area (Å²) in [6.07, 6.45) is 0. The van der Waals surface area contributed by atoms with Crippen molar-refractivity contribution in [2.45, 2.75) is 20.4 Å². The van der Waals surface area contributed by atoms with Gasteiger partial charge >= 0.3 is 5.69 Å². The number of carbonyl (C=O) groups is 1. The van der Waals surface area contributed by atoms with Crippen LogP contribution in [-0.2, 0) is 6.54 Å². The molecule has 0 bridgehead atoms. The van der Waals surface area contributed by atoms with Crippen LogP contribution in [0.4, 0.5) is 5.69 Å². The van der Waals surface area contributed by atoms with Gasteiger partial charge in [-0.3, -0.25) is 14.2 Å². The van der Waals surface area contributed by atoms with Crippen molar-refractivity contribution in [2.24, 2.45) is 0 Å². The largest absolute Gasteiger partial charge is 0.493 e. The third-order valence-corrected chi connectivity index (χ3v) is 5.81. The van der Waals surface area contributed by atoms with E-state index in [9.17, 15) is 14.4 Å². The number of anilines is 1. The van der Waals surface area contributed by atoms with E-state index >= 15 is 0 Å². The van der Waals surface area contributed by atoms with E-state index in [0.717, 1.165) is 21.4 Å². The van der Waals surface area contributed by atoms with E-state index in [2.05, 4.69) is 10.3 Å². The number of aromatic amines is 1. The van der Waals surface area contributed by atoms with Crippen LogP contribution in [0.5, 0.6) is 11.5 Å². The Bertz CT molecular complexity index is 1500. The fraction of sp³-hybridized carbons (Fsp3) is 0.192. The number of carbonyl (C=O) groups excluding carboxylic acids is 1. The zero-order valence-electron chi connectivity index (χ0n) is 19.4. The molecule has 1 heterocycles. The fourth-order valence-corrected chi connectivity index (χ4v) is 3.69. The Morgan fingerprint density at radius 2 is 1.59 bits per heavy atom.